The van der Waals surface area contributed by atoms with Gasteiger partial charge in [0.25, 0.3) is 0 Å². The standard InChI is InChI=1S/C19H21FN2O2S3/c1-25-19-21-16(26-11-12-7-9-13(20)10-8-12)15(18(23)24)17(22-19)27-14-5-3-2-4-6-14/h7-10,14H,2-6,11H2,1H3,(H,23,24). The largest absolute Gasteiger partial charge is 0.477 e. The third-order valence-electron chi connectivity index (χ3n) is 4.34. The van der Waals surface area contributed by atoms with E-state index in [1.54, 1.807) is 23.9 Å². The van der Waals surface area contributed by atoms with Gasteiger partial charge in [-0.1, -0.05) is 43.2 Å². The minimum absolute atomic E-state index is 0.190. The number of thioether (sulfide) groups is 3. The van der Waals surface area contributed by atoms with Crippen LogP contribution in [0.2, 0.25) is 0 Å². The van der Waals surface area contributed by atoms with Crippen LogP contribution in [0, 0.1) is 5.82 Å². The van der Waals surface area contributed by atoms with E-state index in [-0.39, 0.29) is 11.4 Å². The van der Waals surface area contributed by atoms with Crippen LogP contribution in [0.15, 0.2) is 39.5 Å². The third kappa shape index (κ3) is 5.62. The summed E-state index contributed by atoms with van der Waals surface area (Å²) >= 11 is 4.35. The van der Waals surface area contributed by atoms with E-state index >= 15 is 0 Å². The fraction of sp³-hybridized carbons (Fsp3) is 0.421. The van der Waals surface area contributed by atoms with Gasteiger partial charge in [0.1, 0.15) is 21.4 Å². The van der Waals surface area contributed by atoms with Crippen molar-refractivity contribution in [2.24, 2.45) is 0 Å². The average molecular weight is 425 g/mol. The highest BCUT2D eigenvalue weighted by Gasteiger charge is 2.25. The zero-order valence-corrected chi connectivity index (χ0v) is 17.4. The van der Waals surface area contributed by atoms with E-state index in [0.717, 1.165) is 18.4 Å². The number of rotatable bonds is 7. The molecule has 1 aliphatic carbocycles. The fourth-order valence-corrected chi connectivity index (χ4v) is 5.79. The number of hydrogen-bond acceptors (Lipinski definition) is 6. The van der Waals surface area contributed by atoms with Gasteiger partial charge >= 0.3 is 5.97 Å². The third-order valence-corrected chi connectivity index (χ3v) is 7.26. The van der Waals surface area contributed by atoms with Crippen LogP contribution in [-0.4, -0.2) is 32.5 Å². The van der Waals surface area contributed by atoms with E-state index in [4.69, 9.17) is 0 Å². The number of halogens is 1. The Morgan fingerprint density at radius 1 is 1.15 bits per heavy atom. The smallest absolute Gasteiger partial charge is 0.341 e. The molecule has 4 nitrogen and oxygen atoms in total. The molecular formula is C19H21FN2O2S3. The molecule has 3 rings (SSSR count). The number of aromatic carboxylic acids is 1. The highest BCUT2D eigenvalue weighted by atomic mass is 32.2. The summed E-state index contributed by atoms with van der Waals surface area (Å²) in [7, 11) is 0. The molecule has 1 aromatic heterocycles. The normalized spacial score (nSPS) is 15.0. The Morgan fingerprint density at radius 2 is 1.81 bits per heavy atom. The van der Waals surface area contributed by atoms with Crippen molar-refractivity contribution in [2.75, 3.05) is 6.26 Å². The zero-order valence-electron chi connectivity index (χ0n) is 15.0. The van der Waals surface area contributed by atoms with E-state index in [1.165, 1.54) is 54.9 Å². The first kappa shape index (κ1) is 20.5. The van der Waals surface area contributed by atoms with Crippen LogP contribution in [0.1, 0.15) is 48.0 Å². The van der Waals surface area contributed by atoms with Crippen molar-refractivity contribution in [1.29, 1.82) is 0 Å². The first-order chi connectivity index (χ1) is 13.1. The van der Waals surface area contributed by atoms with Gasteiger partial charge in [0, 0.05) is 11.0 Å². The maximum absolute atomic E-state index is 13.1. The van der Waals surface area contributed by atoms with Crippen LogP contribution >= 0.6 is 35.3 Å². The molecule has 0 spiro atoms. The summed E-state index contributed by atoms with van der Waals surface area (Å²) in [6.45, 7) is 0. The predicted octanol–water partition coefficient (Wildman–Crippen LogP) is 5.75. The molecule has 1 heterocycles. The molecule has 1 aromatic carbocycles. The molecule has 0 amide bonds. The molecule has 0 saturated heterocycles. The number of nitrogens with zero attached hydrogens (tertiary/aromatic N) is 2. The summed E-state index contributed by atoms with van der Waals surface area (Å²) in [6, 6.07) is 6.23. The van der Waals surface area contributed by atoms with Gasteiger partial charge in [-0.15, -0.1) is 23.5 Å². The second-order valence-corrected chi connectivity index (χ2v) is 9.32. The van der Waals surface area contributed by atoms with E-state index in [1.807, 2.05) is 6.26 Å². The van der Waals surface area contributed by atoms with Crippen molar-refractivity contribution in [3.8, 4) is 0 Å². The zero-order chi connectivity index (χ0) is 19.2. The van der Waals surface area contributed by atoms with Crippen LogP contribution in [0.5, 0.6) is 0 Å². The van der Waals surface area contributed by atoms with Crippen molar-refractivity contribution in [1.82, 2.24) is 9.97 Å². The molecule has 0 atom stereocenters. The van der Waals surface area contributed by atoms with Gasteiger partial charge in [-0.05, 0) is 36.8 Å². The lowest BCUT2D eigenvalue weighted by molar-refractivity contribution is 0.0686. The summed E-state index contributed by atoms with van der Waals surface area (Å²) < 4.78 is 13.1. The lowest BCUT2D eigenvalue weighted by Crippen LogP contribution is -2.12. The highest BCUT2D eigenvalue weighted by molar-refractivity contribution is 8.00. The Kier molecular flexibility index (Phi) is 7.43. The first-order valence-electron chi connectivity index (χ1n) is 8.80. The van der Waals surface area contributed by atoms with Gasteiger partial charge in [0.15, 0.2) is 5.16 Å². The molecule has 2 aromatic rings. The van der Waals surface area contributed by atoms with Crippen molar-refractivity contribution in [2.45, 2.75) is 58.3 Å². The van der Waals surface area contributed by atoms with Gasteiger partial charge in [-0.25, -0.2) is 19.2 Å². The van der Waals surface area contributed by atoms with E-state index < -0.39 is 5.97 Å². The second kappa shape index (κ2) is 9.80. The topological polar surface area (TPSA) is 63.1 Å². The van der Waals surface area contributed by atoms with Crippen molar-refractivity contribution >= 4 is 41.3 Å². The van der Waals surface area contributed by atoms with Crippen LogP contribution in [0.25, 0.3) is 0 Å². The van der Waals surface area contributed by atoms with Crippen LogP contribution in [-0.2, 0) is 5.75 Å². The number of hydrogen-bond donors (Lipinski definition) is 1. The molecule has 0 bridgehead atoms. The van der Waals surface area contributed by atoms with Crippen LogP contribution in [0.4, 0.5) is 4.39 Å². The number of carboxylic acids is 1. The molecule has 0 radical (unpaired) electrons. The molecule has 8 heteroatoms. The van der Waals surface area contributed by atoms with Gasteiger partial charge in [-0.2, -0.15) is 0 Å². The van der Waals surface area contributed by atoms with Gasteiger partial charge in [0.05, 0.1) is 0 Å². The van der Waals surface area contributed by atoms with E-state index in [2.05, 4.69) is 9.97 Å². The maximum Gasteiger partial charge on any atom is 0.341 e. The first-order valence-corrected chi connectivity index (χ1v) is 11.9. The van der Waals surface area contributed by atoms with Crippen molar-refractivity contribution < 1.29 is 14.3 Å². The Hall–Kier alpha value is -1.25. The van der Waals surface area contributed by atoms with Crippen molar-refractivity contribution in [3.05, 3.63) is 41.2 Å². The molecule has 1 saturated carbocycles. The van der Waals surface area contributed by atoms with E-state index in [0.29, 0.717) is 26.2 Å². The Labute approximate surface area is 171 Å². The van der Waals surface area contributed by atoms with Crippen LogP contribution in [0.3, 0.4) is 0 Å². The summed E-state index contributed by atoms with van der Waals surface area (Å²) in [5, 5.41) is 11.8. The minimum Gasteiger partial charge on any atom is -0.477 e. The summed E-state index contributed by atoms with van der Waals surface area (Å²) in [4.78, 5) is 20.9. The fourth-order valence-electron chi connectivity index (χ4n) is 2.94. The molecule has 0 aliphatic heterocycles. The van der Waals surface area contributed by atoms with Crippen molar-refractivity contribution in [3.63, 3.8) is 0 Å². The molecule has 144 valence electrons. The monoisotopic (exact) mass is 424 g/mol. The van der Waals surface area contributed by atoms with Gasteiger partial charge < -0.3 is 5.11 Å². The summed E-state index contributed by atoms with van der Waals surface area (Å²) in [5.41, 5.74) is 1.11. The summed E-state index contributed by atoms with van der Waals surface area (Å²) in [6.07, 6.45) is 7.71. The Bertz CT molecular complexity index is 796. The number of carbonyl (C=O) groups is 1. The summed E-state index contributed by atoms with van der Waals surface area (Å²) in [5.74, 6) is -0.755. The highest BCUT2D eigenvalue weighted by Crippen LogP contribution is 2.38. The maximum atomic E-state index is 13.1. The molecular weight excluding hydrogens is 403 g/mol. The molecule has 1 fully saturated rings. The molecule has 1 aliphatic rings. The van der Waals surface area contributed by atoms with Gasteiger partial charge in [0.2, 0.25) is 0 Å². The lowest BCUT2D eigenvalue weighted by atomic mass is 10.0. The quantitative estimate of drug-likeness (QED) is 0.345. The predicted molar refractivity (Wildman–Crippen MR) is 109 cm³/mol. The molecule has 0 unspecified atom stereocenters. The Morgan fingerprint density at radius 3 is 2.44 bits per heavy atom. The molecule has 1 N–H and O–H groups in total. The SMILES string of the molecule is CSc1nc(SCc2ccc(F)cc2)c(C(=O)O)c(SC2CCCCC2)n1. The second-order valence-electron chi connectivity index (χ2n) is 6.29. The minimum atomic E-state index is -0.998. The van der Waals surface area contributed by atoms with Crippen LogP contribution < -0.4 is 0 Å². The number of benzene rings is 1. The number of carboxylic acid groups (broad SMARTS) is 1. The molecule has 27 heavy (non-hydrogen) atoms. The van der Waals surface area contributed by atoms with Gasteiger partial charge in [-0.3, -0.25) is 0 Å². The van der Waals surface area contributed by atoms with E-state index in [9.17, 15) is 14.3 Å². The average Bonchev–Trinajstić information content (AvgIpc) is 2.67. The number of aromatic nitrogens is 2. The lowest BCUT2D eigenvalue weighted by Gasteiger charge is -2.21. The Balaban J connectivity index is 1.87.